The Labute approximate surface area is 226 Å². The highest BCUT2D eigenvalue weighted by molar-refractivity contribution is 7.47. The summed E-state index contributed by atoms with van der Waals surface area (Å²) in [5.74, 6) is 0.0160. The molecule has 4 N–H and O–H groups in total. The van der Waals surface area contributed by atoms with Crippen molar-refractivity contribution in [1.82, 2.24) is 29.1 Å². The zero-order valence-corrected chi connectivity index (χ0v) is 22.1. The first-order valence-electron chi connectivity index (χ1n) is 11.8. The molecular weight excluding hydrogens is 602 g/mol. The molecule has 6 heterocycles. The van der Waals surface area contributed by atoms with Gasteiger partial charge in [-0.15, -0.1) is 9.05 Å². The average Bonchev–Trinajstić information content (AvgIpc) is 3.57. The Bertz CT molecular complexity index is 1650. The summed E-state index contributed by atoms with van der Waals surface area (Å²) in [5, 5.41) is 0. The summed E-state index contributed by atoms with van der Waals surface area (Å²) in [4.78, 5) is 47.7. The first-order chi connectivity index (χ1) is 19.5. The zero-order valence-electron chi connectivity index (χ0n) is 20.3. The number of nitrogens with zero attached hydrogens (tertiary/aromatic N) is 5. The summed E-state index contributed by atoms with van der Waals surface area (Å²) in [6, 6.07) is 0.937. The molecule has 22 heteroatoms. The van der Waals surface area contributed by atoms with Gasteiger partial charge in [0.15, 0.2) is 42.4 Å². The highest BCUT2D eigenvalue weighted by atomic mass is 31.2. The van der Waals surface area contributed by atoms with E-state index in [-0.39, 0.29) is 17.0 Å². The number of nitrogens with one attached hydrogen (secondary N) is 1. The number of H-pyrrole nitrogens is 1. The summed E-state index contributed by atoms with van der Waals surface area (Å²) in [6.45, 7) is -1.57. The normalized spacial score (nSPS) is 37.3. The second-order valence-electron chi connectivity index (χ2n) is 9.04. The van der Waals surface area contributed by atoms with Gasteiger partial charge in [0.25, 0.3) is 5.56 Å². The van der Waals surface area contributed by atoms with Crippen molar-refractivity contribution in [2.45, 2.75) is 49.2 Å². The maximum absolute atomic E-state index is 15.7. The lowest BCUT2D eigenvalue weighted by atomic mass is 10.1. The smallest absolute Gasteiger partial charge is 0.382 e. The van der Waals surface area contributed by atoms with Crippen LogP contribution in [0.4, 0.5) is 14.6 Å². The van der Waals surface area contributed by atoms with Crippen LogP contribution in [-0.2, 0) is 36.7 Å². The molecule has 3 aromatic rings. The number of rotatable bonds is 2. The lowest BCUT2D eigenvalue weighted by Gasteiger charge is -2.23. The van der Waals surface area contributed by atoms with Gasteiger partial charge in [0.1, 0.15) is 36.8 Å². The molecule has 18 nitrogen and oxygen atoms in total. The monoisotopic (exact) mass is 622 g/mol. The van der Waals surface area contributed by atoms with E-state index >= 15 is 8.78 Å². The number of hydrogen-bond acceptors (Lipinski definition) is 14. The van der Waals surface area contributed by atoms with E-state index in [2.05, 4.69) is 15.0 Å². The quantitative estimate of drug-likeness (QED) is 0.319. The topological polar surface area (TPSA) is 234 Å². The van der Waals surface area contributed by atoms with Crippen molar-refractivity contribution in [3.05, 3.63) is 45.8 Å². The number of phosphoric acid groups is 1. The van der Waals surface area contributed by atoms with Crippen molar-refractivity contribution < 1.29 is 50.4 Å². The van der Waals surface area contributed by atoms with E-state index in [0.717, 1.165) is 23.2 Å². The third-order valence-corrected chi connectivity index (χ3v) is 8.29. The summed E-state index contributed by atoms with van der Waals surface area (Å²) in [5.41, 5.74) is 4.24. The first kappa shape index (κ1) is 28.1. The van der Waals surface area contributed by atoms with Crippen LogP contribution in [0.15, 0.2) is 34.5 Å². The molecule has 0 aromatic carbocycles. The molecular formula is C19H20F2N7O11P2+. The molecule has 3 aromatic heterocycles. The number of imidazole rings is 1. The van der Waals surface area contributed by atoms with Gasteiger partial charge in [-0.3, -0.25) is 28.0 Å². The predicted molar refractivity (Wildman–Crippen MR) is 128 cm³/mol. The van der Waals surface area contributed by atoms with Crippen molar-refractivity contribution in [1.29, 1.82) is 0 Å². The molecule has 6 rings (SSSR count). The minimum Gasteiger partial charge on any atom is -0.382 e. The first-order valence-corrected chi connectivity index (χ1v) is 14.4. The van der Waals surface area contributed by atoms with E-state index < -0.39 is 89.8 Å². The molecule has 0 amide bonds. The van der Waals surface area contributed by atoms with E-state index in [9.17, 15) is 23.6 Å². The number of hydrogen-bond donors (Lipinski definition) is 3. The van der Waals surface area contributed by atoms with Gasteiger partial charge >= 0.3 is 21.8 Å². The van der Waals surface area contributed by atoms with Crippen LogP contribution in [-0.4, -0.2) is 83.9 Å². The molecule has 3 saturated heterocycles. The number of halogens is 2. The minimum atomic E-state index is -5.09. The number of aromatic nitrogens is 6. The molecule has 3 fully saturated rings. The van der Waals surface area contributed by atoms with Crippen LogP contribution in [0.1, 0.15) is 12.5 Å². The van der Waals surface area contributed by atoms with Gasteiger partial charge in [0, 0.05) is 16.8 Å². The lowest BCUT2D eigenvalue weighted by Crippen LogP contribution is -2.37. The van der Waals surface area contributed by atoms with Crippen LogP contribution in [0.25, 0.3) is 11.2 Å². The Morgan fingerprint density at radius 2 is 1.78 bits per heavy atom. The Balaban J connectivity index is 1.25. The fraction of sp³-hybridized carbons (Fsp3) is 0.526. The molecule has 0 aliphatic carbocycles. The predicted octanol–water partition coefficient (Wildman–Crippen LogP) is 0.00470. The molecule has 0 saturated carbocycles. The second-order valence-corrected chi connectivity index (χ2v) is 11.4. The average molecular weight is 622 g/mol. The van der Waals surface area contributed by atoms with Crippen molar-refractivity contribution in [3.63, 3.8) is 0 Å². The fourth-order valence-corrected chi connectivity index (χ4v) is 6.39. The van der Waals surface area contributed by atoms with E-state index in [1.165, 1.54) is 6.33 Å². The maximum Gasteiger partial charge on any atom is 0.697 e. The third-order valence-electron chi connectivity index (χ3n) is 6.53. The fourth-order valence-electron chi connectivity index (χ4n) is 4.66. The van der Waals surface area contributed by atoms with E-state index in [0.29, 0.717) is 4.57 Å². The molecule has 0 spiro atoms. The van der Waals surface area contributed by atoms with Gasteiger partial charge in [-0.2, -0.15) is 0 Å². The van der Waals surface area contributed by atoms with Crippen LogP contribution < -0.4 is 17.0 Å². The van der Waals surface area contributed by atoms with Crippen LogP contribution in [0.3, 0.4) is 0 Å². The van der Waals surface area contributed by atoms with Gasteiger partial charge in [0.2, 0.25) is 0 Å². The molecule has 10 atom stereocenters. The molecule has 41 heavy (non-hydrogen) atoms. The van der Waals surface area contributed by atoms with E-state index in [1.807, 2.05) is 4.98 Å². The number of nitrogen functional groups attached to an aromatic ring is 1. The molecule has 0 radical (unpaired) electrons. The van der Waals surface area contributed by atoms with Crippen molar-refractivity contribution in [2.24, 2.45) is 0 Å². The van der Waals surface area contributed by atoms with Gasteiger partial charge < -0.3 is 20.1 Å². The van der Waals surface area contributed by atoms with Crippen LogP contribution in [0.5, 0.6) is 0 Å². The number of aromatic amines is 1. The van der Waals surface area contributed by atoms with Crippen LogP contribution in [0, 0.1) is 0 Å². The van der Waals surface area contributed by atoms with Crippen LogP contribution in [0.2, 0.25) is 0 Å². The Kier molecular flexibility index (Phi) is 7.29. The highest BCUT2D eigenvalue weighted by Crippen LogP contribution is 2.51. The Morgan fingerprint density at radius 3 is 2.54 bits per heavy atom. The number of ether oxygens (including phenoxy) is 2. The standard InChI is InChI=1S/C19H19F2N7O11P2/c20-10-13-8(37-17(10)27-2-1-9(29)26-19(27)30)4-35-41(32,33)39-14-7(3-34-40(31)38-13)36-18(11(14)21)28-6-25-12-15(22)23-5-24-16(12)28/h1-2,5-8,10-11,13-14,17-18H,3-4H2,(H3-,22,23,24,26,29,30,32,33)/p+1/t7-,8-,10-,11-,13-,14-,17-,18-/m1/s1. The summed E-state index contributed by atoms with van der Waals surface area (Å²) >= 11 is 0. The maximum atomic E-state index is 15.7. The molecule has 3 aliphatic rings. The van der Waals surface area contributed by atoms with Crippen molar-refractivity contribution >= 4 is 33.1 Å². The summed E-state index contributed by atoms with van der Waals surface area (Å²) in [6.07, 6.45) is -10.8. The SMILES string of the molecule is Nc1ncnc2c1ncn2[C@@H]1O[C@@H]2CO[P+](=O)O[C@H]3[C@@H](F)[C@H](n4ccc(=O)[nH]c4=O)O[C@@H]3COP(=O)(O)O[C@H]2[C@H]1F. The van der Waals surface area contributed by atoms with E-state index in [4.69, 9.17) is 33.3 Å². The van der Waals surface area contributed by atoms with Crippen molar-refractivity contribution in [2.75, 3.05) is 18.9 Å². The Hall–Kier alpha value is -3.06. The zero-order chi connectivity index (χ0) is 29.1. The Morgan fingerprint density at radius 1 is 1.07 bits per heavy atom. The summed E-state index contributed by atoms with van der Waals surface area (Å²) < 4.78 is 90.0. The molecule has 3 aliphatic heterocycles. The van der Waals surface area contributed by atoms with Gasteiger partial charge in [0.05, 0.1) is 12.9 Å². The number of nitrogens with two attached hydrogens (primary N) is 1. The minimum absolute atomic E-state index is 0.0160. The van der Waals surface area contributed by atoms with Gasteiger partial charge in [-0.05, 0) is 0 Å². The summed E-state index contributed by atoms with van der Waals surface area (Å²) in [7, 11) is -8.20. The molecule has 0 bridgehead atoms. The molecule has 2 unspecified atom stereocenters. The van der Waals surface area contributed by atoms with Crippen molar-refractivity contribution in [3.8, 4) is 0 Å². The lowest BCUT2D eigenvalue weighted by molar-refractivity contribution is -0.0614. The highest BCUT2D eigenvalue weighted by Gasteiger charge is 2.56. The largest absolute Gasteiger partial charge is 0.697 e. The third kappa shape index (κ3) is 5.22. The van der Waals surface area contributed by atoms with E-state index in [1.54, 1.807) is 0 Å². The van der Waals surface area contributed by atoms with Crippen LogP contribution >= 0.6 is 16.1 Å². The number of fused-ring (bicyclic) bond motifs is 3. The van der Waals surface area contributed by atoms with Gasteiger partial charge in [-0.1, -0.05) is 0 Å². The molecule has 220 valence electrons. The number of anilines is 1. The number of phosphoric ester groups is 1. The van der Waals surface area contributed by atoms with Gasteiger partial charge in [-0.25, -0.2) is 33.1 Å². The second kappa shape index (κ2) is 10.6. The number of alkyl halides is 2.